The topological polar surface area (TPSA) is 76.2 Å². The molecule has 1 aromatic heterocycles. The van der Waals surface area contributed by atoms with Gasteiger partial charge < -0.3 is 19.3 Å². The van der Waals surface area contributed by atoms with Gasteiger partial charge in [0.1, 0.15) is 11.5 Å². The van der Waals surface area contributed by atoms with Crippen LogP contribution in [-0.4, -0.2) is 49.6 Å². The average Bonchev–Trinajstić information content (AvgIpc) is 3.48. The zero-order valence-corrected chi connectivity index (χ0v) is 25.3. The minimum absolute atomic E-state index is 0.0557. The summed E-state index contributed by atoms with van der Waals surface area (Å²) in [5, 5.41) is 0. The van der Waals surface area contributed by atoms with Crippen LogP contribution in [0.3, 0.4) is 0 Å². The zero-order chi connectivity index (χ0) is 29.5. The number of methoxy groups -OCH3 is 1. The number of anilines is 1. The smallest absolute Gasteiger partial charge is 0.410 e. The number of benzene rings is 2. The molecule has 1 aliphatic carbocycles. The Hall–Kier alpha value is -3.65. The fraction of sp³-hybridized carbons (Fsp3) is 0.441. The molecule has 5 rings (SSSR count). The Morgan fingerprint density at radius 3 is 2.19 bits per heavy atom. The Morgan fingerprint density at radius 1 is 0.905 bits per heavy atom. The highest BCUT2D eigenvalue weighted by molar-refractivity contribution is 7.18. The van der Waals surface area contributed by atoms with E-state index in [1.165, 1.54) is 18.4 Å². The molecule has 7 nitrogen and oxygen atoms in total. The lowest BCUT2D eigenvalue weighted by Gasteiger charge is -2.36. The van der Waals surface area contributed by atoms with Crippen molar-refractivity contribution in [1.29, 1.82) is 0 Å². The Labute approximate surface area is 252 Å². The molecule has 2 aliphatic rings. The van der Waals surface area contributed by atoms with Gasteiger partial charge in [-0.05, 0) is 67.6 Å². The Kier molecular flexibility index (Phi) is 9.95. The summed E-state index contributed by atoms with van der Waals surface area (Å²) in [4.78, 5) is 44.9. The minimum Gasteiger partial charge on any atom is -0.465 e. The molecule has 1 aliphatic heterocycles. The number of likely N-dealkylation sites (tertiary alicyclic amines) is 1. The van der Waals surface area contributed by atoms with Crippen molar-refractivity contribution in [2.75, 3.05) is 31.6 Å². The Morgan fingerprint density at radius 2 is 1.55 bits per heavy atom. The summed E-state index contributed by atoms with van der Waals surface area (Å²) in [6.07, 6.45) is 5.02. The maximum Gasteiger partial charge on any atom is 0.410 e. The first-order valence-corrected chi connectivity index (χ1v) is 15.8. The molecular weight excluding hydrogens is 548 g/mol. The summed E-state index contributed by atoms with van der Waals surface area (Å²) in [7, 11) is 1.38. The van der Waals surface area contributed by atoms with Crippen LogP contribution < -0.4 is 4.90 Å². The van der Waals surface area contributed by atoms with E-state index in [-0.39, 0.29) is 30.4 Å². The minimum atomic E-state index is -0.428. The SMILES string of the molecule is COC(=O)c1sc(-c2ccccc2)cc1N(CC1CCN(C(=O)OCc2ccccc2)CC1)C(=O)C1CCC(C)CC1. The summed E-state index contributed by atoms with van der Waals surface area (Å²) < 4.78 is 10.7. The molecule has 0 unspecified atom stereocenters. The van der Waals surface area contributed by atoms with E-state index in [1.807, 2.05) is 71.6 Å². The maximum absolute atomic E-state index is 14.2. The van der Waals surface area contributed by atoms with Crippen LogP contribution in [0, 0.1) is 17.8 Å². The standard InChI is InChI=1S/C34H40N2O5S/c1-24-13-15-28(16-14-24)32(37)36(29-21-30(27-11-7-4-8-12-27)42-31(29)33(38)40-2)22-25-17-19-35(20-18-25)34(39)41-23-26-9-5-3-6-10-26/h3-12,21,24-25,28H,13-20,22-23H2,1-2H3. The molecule has 2 aromatic carbocycles. The Bertz CT molecular complexity index is 1340. The highest BCUT2D eigenvalue weighted by atomic mass is 32.1. The predicted octanol–water partition coefficient (Wildman–Crippen LogP) is 7.41. The lowest BCUT2D eigenvalue weighted by Crippen LogP contribution is -2.45. The molecule has 2 heterocycles. The number of piperidine rings is 1. The molecule has 0 N–H and O–H groups in total. The number of ether oxygens (including phenoxy) is 2. The molecule has 0 radical (unpaired) electrons. The van der Waals surface area contributed by atoms with E-state index in [1.54, 1.807) is 4.90 Å². The average molecular weight is 589 g/mol. The van der Waals surface area contributed by atoms with E-state index >= 15 is 0 Å². The van der Waals surface area contributed by atoms with Gasteiger partial charge in [0, 0.05) is 30.4 Å². The second-order valence-electron chi connectivity index (χ2n) is 11.6. The Balaban J connectivity index is 1.33. The van der Waals surface area contributed by atoms with Gasteiger partial charge in [-0.15, -0.1) is 11.3 Å². The number of amides is 2. The van der Waals surface area contributed by atoms with Gasteiger partial charge in [-0.25, -0.2) is 9.59 Å². The van der Waals surface area contributed by atoms with Crippen LogP contribution >= 0.6 is 11.3 Å². The summed E-state index contributed by atoms with van der Waals surface area (Å²) in [5.74, 6) is 0.433. The van der Waals surface area contributed by atoms with Crippen LogP contribution in [0.1, 0.15) is 60.7 Å². The van der Waals surface area contributed by atoms with Gasteiger partial charge >= 0.3 is 12.1 Å². The number of nitrogens with zero attached hydrogens (tertiary/aromatic N) is 2. The molecule has 1 saturated carbocycles. The van der Waals surface area contributed by atoms with E-state index < -0.39 is 5.97 Å². The molecule has 0 spiro atoms. The van der Waals surface area contributed by atoms with Gasteiger partial charge in [0.25, 0.3) is 0 Å². The number of esters is 1. The van der Waals surface area contributed by atoms with Crippen molar-refractivity contribution in [2.24, 2.45) is 17.8 Å². The van der Waals surface area contributed by atoms with Gasteiger partial charge in [-0.3, -0.25) is 4.79 Å². The van der Waals surface area contributed by atoms with Crippen LogP contribution in [0.2, 0.25) is 0 Å². The first-order valence-electron chi connectivity index (χ1n) is 15.0. The van der Waals surface area contributed by atoms with Crippen LogP contribution in [0.15, 0.2) is 66.7 Å². The van der Waals surface area contributed by atoms with Crippen molar-refractivity contribution < 1.29 is 23.9 Å². The number of carbonyl (C=O) groups excluding carboxylic acids is 3. The number of hydrogen-bond acceptors (Lipinski definition) is 6. The maximum atomic E-state index is 14.2. The summed E-state index contributed by atoms with van der Waals surface area (Å²) in [6, 6.07) is 21.6. The van der Waals surface area contributed by atoms with Crippen molar-refractivity contribution in [2.45, 2.75) is 52.1 Å². The summed E-state index contributed by atoms with van der Waals surface area (Å²) in [5.41, 5.74) is 2.60. The molecule has 1 saturated heterocycles. The number of hydrogen-bond donors (Lipinski definition) is 0. The monoisotopic (exact) mass is 588 g/mol. The van der Waals surface area contributed by atoms with Crippen LogP contribution in [-0.2, 0) is 20.9 Å². The third-order valence-electron chi connectivity index (χ3n) is 8.58. The normalized spacial score (nSPS) is 19.2. The van der Waals surface area contributed by atoms with E-state index in [2.05, 4.69) is 6.92 Å². The van der Waals surface area contributed by atoms with Gasteiger partial charge in [0.2, 0.25) is 5.91 Å². The fourth-order valence-corrected chi connectivity index (χ4v) is 7.05. The zero-order valence-electron chi connectivity index (χ0n) is 24.5. The molecular formula is C34H40N2O5S. The van der Waals surface area contributed by atoms with Crippen LogP contribution in [0.4, 0.5) is 10.5 Å². The lowest BCUT2D eigenvalue weighted by atomic mass is 9.82. The first-order chi connectivity index (χ1) is 20.4. The molecule has 222 valence electrons. The van der Waals surface area contributed by atoms with Gasteiger partial charge in [0.15, 0.2) is 0 Å². The van der Waals surface area contributed by atoms with E-state index in [4.69, 9.17) is 9.47 Å². The number of thiophene rings is 1. The third kappa shape index (κ3) is 7.21. The number of carbonyl (C=O) groups is 3. The third-order valence-corrected chi connectivity index (χ3v) is 9.74. The van der Waals surface area contributed by atoms with Crippen LogP contribution in [0.25, 0.3) is 10.4 Å². The van der Waals surface area contributed by atoms with E-state index in [0.29, 0.717) is 36.1 Å². The van der Waals surface area contributed by atoms with Crippen molar-refractivity contribution >= 4 is 35.0 Å². The quantitative estimate of drug-likeness (QED) is 0.256. The molecule has 3 aromatic rings. The van der Waals surface area contributed by atoms with Crippen LogP contribution in [0.5, 0.6) is 0 Å². The van der Waals surface area contributed by atoms with E-state index in [0.717, 1.165) is 54.5 Å². The van der Waals surface area contributed by atoms with E-state index in [9.17, 15) is 14.4 Å². The fourth-order valence-electron chi connectivity index (χ4n) is 5.97. The first kappa shape index (κ1) is 29.8. The highest BCUT2D eigenvalue weighted by Gasteiger charge is 2.35. The van der Waals surface area contributed by atoms with Crippen molar-refractivity contribution in [3.63, 3.8) is 0 Å². The summed E-state index contributed by atoms with van der Waals surface area (Å²) >= 11 is 1.37. The number of rotatable bonds is 8. The van der Waals surface area contributed by atoms with Gasteiger partial charge in [-0.1, -0.05) is 67.6 Å². The second kappa shape index (κ2) is 14.0. The van der Waals surface area contributed by atoms with Gasteiger partial charge in [0.05, 0.1) is 12.8 Å². The van der Waals surface area contributed by atoms with Crippen molar-refractivity contribution in [3.8, 4) is 10.4 Å². The molecule has 0 atom stereocenters. The molecule has 42 heavy (non-hydrogen) atoms. The van der Waals surface area contributed by atoms with Crippen molar-refractivity contribution in [1.82, 2.24) is 4.90 Å². The summed E-state index contributed by atoms with van der Waals surface area (Å²) in [6.45, 7) is 4.15. The van der Waals surface area contributed by atoms with Gasteiger partial charge in [-0.2, -0.15) is 0 Å². The predicted molar refractivity (Wildman–Crippen MR) is 165 cm³/mol. The molecule has 2 fully saturated rings. The second-order valence-corrected chi connectivity index (χ2v) is 12.6. The largest absolute Gasteiger partial charge is 0.465 e. The molecule has 2 amide bonds. The molecule has 8 heteroatoms. The van der Waals surface area contributed by atoms with Crippen molar-refractivity contribution in [3.05, 3.63) is 77.2 Å². The lowest BCUT2D eigenvalue weighted by molar-refractivity contribution is -0.123. The molecule has 0 bridgehead atoms. The highest BCUT2D eigenvalue weighted by Crippen LogP contribution is 2.40.